The van der Waals surface area contributed by atoms with Crippen LogP contribution in [0.15, 0.2) is 24.3 Å². The number of likely N-dealkylation sites (tertiary alicyclic amines) is 1. The summed E-state index contributed by atoms with van der Waals surface area (Å²) in [7, 11) is 1.89. The molecule has 1 amide bonds. The third-order valence-electron chi connectivity index (χ3n) is 4.68. The number of ether oxygens (including phenoxy) is 1. The first-order valence-electron chi connectivity index (χ1n) is 11.0. The van der Waals surface area contributed by atoms with Gasteiger partial charge in [0.05, 0.1) is 6.10 Å². The zero-order valence-corrected chi connectivity index (χ0v) is 20.7. The molecule has 0 spiro atoms. The van der Waals surface area contributed by atoms with Gasteiger partial charge in [-0.3, -0.25) is 4.72 Å². The first kappa shape index (κ1) is 28.7. The molecule has 0 bridgehead atoms. The van der Waals surface area contributed by atoms with Crippen LogP contribution >= 0.6 is 11.9 Å². The van der Waals surface area contributed by atoms with Gasteiger partial charge in [-0.15, -0.1) is 0 Å². The smallest absolute Gasteiger partial charge is 0.407 e. The van der Waals surface area contributed by atoms with E-state index in [1.165, 1.54) is 18.9 Å². The predicted octanol–water partition coefficient (Wildman–Crippen LogP) is 5.26. The molecule has 0 radical (unpaired) electrons. The Morgan fingerprint density at radius 2 is 1.77 bits per heavy atom. The minimum atomic E-state index is -0.431. The summed E-state index contributed by atoms with van der Waals surface area (Å²) in [6.07, 6.45) is 5.09. The van der Waals surface area contributed by atoms with Crippen molar-refractivity contribution in [3.05, 3.63) is 35.6 Å². The number of rotatable bonds is 8. The lowest BCUT2D eigenvalue weighted by Crippen LogP contribution is -2.43. The third kappa shape index (κ3) is 12.4. The Labute approximate surface area is 187 Å². The lowest BCUT2D eigenvalue weighted by molar-refractivity contribution is 0.109. The van der Waals surface area contributed by atoms with Crippen LogP contribution in [0, 0.1) is 5.82 Å². The molecule has 5 nitrogen and oxygen atoms in total. The normalized spacial score (nSPS) is 15.4. The molecule has 1 aliphatic heterocycles. The molecule has 1 aliphatic rings. The average molecular weight is 444 g/mol. The Kier molecular flexibility index (Phi) is 16.6. The van der Waals surface area contributed by atoms with Gasteiger partial charge < -0.3 is 15.0 Å². The van der Waals surface area contributed by atoms with Crippen LogP contribution in [0.2, 0.25) is 0 Å². The lowest BCUT2D eigenvalue weighted by Gasteiger charge is -2.28. The summed E-state index contributed by atoms with van der Waals surface area (Å²) < 4.78 is 22.0. The van der Waals surface area contributed by atoms with Crippen LogP contribution < -0.4 is 10.0 Å². The largest absolute Gasteiger partial charge is 0.447 e. The number of benzene rings is 1. The summed E-state index contributed by atoms with van der Waals surface area (Å²) in [5.41, 5.74) is 0.626. The molecule has 30 heavy (non-hydrogen) atoms. The van der Waals surface area contributed by atoms with E-state index in [-0.39, 0.29) is 18.0 Å². The molecule has 2 N–H and O–H groups in total. The predicted molar refractivity (Wildman–Crippen MR) is 127 cm³/mol. The molecule has 1 saturated heterocycles. The summed E-state index contributed by atoms with van der Waals surface area (Å²) >= 11 is 1.61. The second-order valence-corrected chi connectivity index (χ2v) is 8.14. The molecule has 1 fully saturated rings. The van der Waals surface area contributed by atoms with Gasteiger partial charge in [-0.05, 0) is 84.5 Å². The van der Waals surface area contributed by atoms with Crippen molar-refractivity contribution in [1.29, 1.82) is 0 Å². The number of alkyl carbamates (subject to hydrolysis) is 1. The molecule has 7 heteroatoms. The Hall–Kier alpha value is -1.31. The summed E-state index contributed by atoms with van der Waals surface area (Å²) in [4.78, 5) is 14.4. The number of hydrogen-bond acceptors (Lipinski definition) is 5. The number of nitrogens with one attached hydrogen (secondary N) is 2. The van der Waals surface area contributed by atoms with E-state index in [1.807, 2.05) is 47.1 Å². The van der Waals surface area contributed by atoms with E-state index in [1.54, 1.807) is 24.1 Å². The Morgan fingerprint density at radius 1 is 1.20 bits per heavy atom. The molecule has 1 aromatic rings. The first-order valence-corrected chi connectivity index (χ1v) is 12.2. The van der Waals surface area contributed by atoms with Crippen LogP contribution in [0.25, 0.3) is 0 Å². The van der Waals surface area contributed by atoms with E-state index in [0.29, 0.717) is 18.0 Å². The number of nitrogens with zero attached hydrogens (tertiary/aromatic N) is 1. The fourth-order valence-electron chi connectivity index (χ4n) is 3.28. The topological polar surface area (TPSA) is 53.6 Å². The molecular weight excluding hydrogens is 401 g/mol. The van der Waals surface area contributed by atoms with Crippen molar-refractivity contribution < 1.29 is 13.9 Å². The fraction of sp³-hybridized carbons (Fsp3) is 0.696. The monoisotopic (exact) mass is 443 g/mol. The van der Waals surface area contributed by atoms with Gasteiger partial charge in [-0.25, -0.2) is 9.18 Å². The maximum Gasteiger partial charge on any atom is 0.407 e. The van der Waals surface area contributed by atoms with Gasteiger partial charge in [0.15, 0.2) is 0 Å². The Bertz CT molecular complexity index is 567. The van der Waals surface area contributed by atoms with Gasteiger partial charge >= 0.3 is 6.09 Å². The highest BCUT2D eigenvalue weighted by Crippen LogP contribution is 2.18. The number of halogens is 1. The van der Waals surface area contributed by atoms with E-state index in [4.69, 9.17) is 4.74 Å². The van der Waals surface area contributed by atoms with Crippen LogP contribution in [0.3, 0.4) is 0 Å². The van der Waals surface area contributed by atoms with Crippen molar-refractivity contribution in [2.45, 2.75) is 78.5 Å². The lowest BCUT2D eigenvalue weighted by atomic mass is 9.99. The zero-order valence-electron chi connectivity index (χ0n) is 19.8. The fourth-order valence-corrected chi connectivity index (χ4v) is 3.28. The van der Waals surface area contributed by atoms with Gasteiger partial charge in [-0.2, -0.15) is 0 Å². The molecule has 0 aromatic heterocycles. The van der Waals surface area contributed by atoms with Crippen LogP contribution in [0.4, 0.5) is 9.18 Å². The van der Waals surface area contributed by atoms with Gasteiger partial charge in [-0.1, -0.05) is 44.0 Å². The second-order valence-electron chi connectivity index (χ2n) is 7.33. The zero-order chi connectivity index (χ0) is 22.9. The summed E-state index contributed by atoms with van der Waals surface area (Å²) in [6.45, 7) is 12.0. The van der Waals surface area contributed by atoms with Crippen LogP contribution in [-0.2, 0) is 11.2 Å². The highest BCUT2D eigenvalue weighted by molar-refractivity contribution is 7.96. The molecule has 1 aromatic carbocycles. The van der Waals surface area contributed by atoms with E-state index < -0.39 is 6.09 Å². The second kappa shape index (κ2) is 17.4. The molecule has 2 rings (SSSR count). The van der Waals surface area contributed by atoms with Crippen molar-refractivity contribution in [3.63, 3.8) is 0 Å². The minimum absolute atomic E-state index is 0.149. The molecular formula is C23H42FN3O2S. The Balaban J connectivity index is 0.00000125. The van der Waals surface area contributed by atoms with Crippen molar-refractivity contribution in [3.8, 4) is 0 Å². The van der Waals surface area contributed by atoms with Crippen molar-refractivity contribution >= 4 is 18.0 Å². The summed E-state index contributed by atoms with van der Waals surface area (Å²) in [5, 5.41) is 2.92. The maximum absolute atomic E-state index is 14.0. The summed E-state index contributed by atoms with van der Waals surface area (Å²) in [6, 6.07) is 6.95. The van der Waals surface area contributed by atoms with E-state index in [0.717, 1.165) is 19.5 Å². The van der Waals surface area contributed by atoms with Crippen molar-refractivity contribution in [2.24, 2.45) is 0 Å². The molecule has 1 heterocycles. The summed E-state index contributed by atoms with van der Waals surface area (Å²) in [5.74, 6) is -0.227. The SMILES string of the molecule is CC.CC(C)OC(=O)NC(Cc1ccccc1F)CC(C)N1CCCC1.CNSC. The van der Waals surface area contributed by atoms with Crippen molar-refractivity contribution in [1.82, 2.24) is 14.9 Å². The van der Waals surface area contributed by atoms with E-state index >= 15 is 0 Å². The molecule has 2 unspecified atom stereocenters. The molecule has 0 saturated carbocycles. The third-order valence-corrected chi connectivity index (χ3v) is 5.09. The van der Waals surface area contributed by atoms with Gasteiger partial charge in [0.2, 0.25) is 0 Å². The van der Waals surface area contributed by atoms with Crippen LogP contribution in [0.5, 0.6) is 0 Å². The van der Waals surface area contributed by atoms with Crippen molar-refractivity contribution in [2.75, 3.05) is 26.4 Å². The Morgan fingerprint density at radius 3 is 2.27 bits per heavy atom. The van der Waals surface area contributed by atoms with Gasteiger partial charge in [0.1, 0.15) is 5.82 Å². The molecule has 0 aliphatic carbocycles. The molecule has 2 atom stereocenters. The highest BCUT2D eigenvalue weighted by atomic mass is 32.2. The van der Waals surface area contributed by atoms with E-state index in [2.05, 4.69) is 21.9 Å². The molecule has 174 valence electrons. The maximum atomic E-state index is 14.0. The number of carbonyl (C=O) groups is 1. The first-order chi connectivity index (χ1) is 14.4. The number of hydrogen-bond donors (Lipinski definition) is 2. The van der Waals surface area contributed by atoms with Gasteiger partial charge in [0.25, 0.3) is 0 Å². The number of carbonyl (C=O) groups excluding carboxylic acids is 1. The average Bonchev–Trinajstić information content (AvgIpc) is 3.26. The quantitative estimate of drug-likeness (QED) is 0.537. The van der Waals surface area contributed by atoms with Gasteiger partial charge in [0, 0.05) is 12.1 Å². The number of amides is 1. The van der Waals surface area contributed by atoms with Crippen LogP contribution in [0.1, 0.15) is 59.4 Å². The van der Waals surface area contributed by atoms with E-state index in [9.17, 15) is 9.18 Å². The minimum Gasteiger partial charge on any atom is -0.447 e. The standard InChI is InChI=1S/C19H29FN2O2.C2H7NS.C2H6/c1-14(2)24-19(23)21-17(12-15(3)22-10-6-7-11-22)13-16-8-4-5-9-18(16)20;1-3-4-2;1-2/h4-5,8-9,14-15,17H,6-7,10-13H2,1-3H3,(H,21,23);3H,1-2H3;1-2H3. The highest BCUT2D eigenvalue weighted by Gasteiger charge is 2.24. The van der Waals surface area contributed by atoms with Crippen LogP contribution in [-0.4, -0.2) is 55.6 Å².